The Kier molecular flexibility index (Phi) is 14.6. The van der Waals surface area contributed by atoms with E-state index in [-0.39, 0.29) is 40.4 Å². The number of nitriles is 1. The molecule has 1 heterocycles. The normalized spacial score (nSPS) is 14.9. The number of carbonyl (C=O) groups is 1. The van der Waals surface area contributed by atoms with Crippen molar-refractivity contribution in [3.05, 3.63) is 77.8 Å². The second-order valence-corrected chi connectivity index (χ2v) is 11.4. The fraction of sp³-hybridized carbons (Fsp3) is 0.500. The van der Waals surface area contributed by atoms with Gasteiger partial charge in [-0.3, -0.25) is 4.79 Å². The van der Waals surface area contributed by atoms with Crippen LogP contribution in [0.1, 0.15) is 87.5 Å². The highest BCUT2D eigenvalue weighted by Crippen LogP contribution is 2.22. The molecule has 1 rings (SSSR count). The van der Waals surface area contributed by atoms with Crippen molar-refractivity contribution in [2.75, 3.05) is 0 Å². The molecule has 0 aromatic carbocycles. The third-order valence-corrected chi connectivity index (χ3v) is 6.33. The van der Waals surface area contributed by atoms with E-state index in [1.54, 1.807) is 19.3 Å². The Morgan fingerprint density at radius 3 is 2.27 bits per heavy atom. The number of hydrogen-bond acceptors (Lipinski definition) is 6. The van der Waals surface area contributed by atoms with Crippen molar-refractivity contribution < 1.29 is 9.18 Å². The molecule has 0 spiro atoms. The van der Waals surface area contributed by atoms with Gasteiger partial charge in [-0.2, -0.15) is 20.3 Å². The van der Waals surface area contributed by atoms with Crippen molar-refractivity contribution >= 4 is 11.6 Å². The van der Waals surface area contributed by atoms with E-state index in [2.05, 4.69) is 46.2 Å². The lowest BCUT2D eigenvalue weighted by Gasteiger charge is -2.26. The molecule has 3 N–H and O–H groups in total. The summed E-state index contributed by atoms with van der Waals surface area (Å²) in [5.41, 5.74) is 2.62. The molecule has 0 aliphatic rings. The quantitative estimate of drug-likeness (QED) is 0.115. The topological polar surface area (TPSA) is 108 Å². The maximum Gasteiger partial charge on any atom is 0.220 e. The lowest BCUT2D eigenvalue weighted by Crippen LogP contribution is -2.46. The molecular weight excluding hydrogens is 517 g/mol. The molecule has 0 saturated heterocycles. The van der Waals surface area contributed by atoms with Crippen LogP contribution in [0, 0.1) is 16.7 Å². The molecule has 0 saturated carbocycles. The molecule has 2 atom stereocenters. The van der Waals surface area contributed by atoms with Crippen LogP contribution in [-0.4, -0.2) is 33.0 Å². The van der Waals surface area contributed by atoms with Crippen molar-refractivity contribution in [2.45, 2.75) is 99.6 Å². The zero-order valence-corrected chi connectivity index (χ0v) is 26.1. The van der Waals surface area contributed by atoms with Gasteiger partial charge in [0.15, 0.2) is 0 Å². The Bertz CT molecular complexity index is 1210. The first-order valence-corrected chi connectivity index (χ1v) is 14.2. The average molecular weight is 566 g/mol. The van der Waals surface area contributed by atoms with Crippen LogP contribution in [0.15, 0.2) is 77.8 Å². The summed E-state index contributed by atoms with van der Waals surface area (Å²) in [5.74, 6) is -0.660. The largest absolute Gasteiger partial charge is 0.382 e. The van der Waals surface area contributed by atoms with E-state index in [4.69, 9.17) is 0 Å². The third-order valence-electron chi connectivity index (χ3n) is 6.33. The summed E-state index contributed by atoms with van der Waals surface area (Å²) in [6, 6.07) is 1.54. The van der Waals surface area contributed by atoms with Crippen LogP contribution in [0.5, 0.6) is 0 Å². The molecule has 1 amide bonds. The number of amides is 1. The fourth-order valence-electron chi connectivity index (χ4n) is 3.81. The van der Waals surface area contributed by atoms with Crippen LogP contribution in [0.25, 0.3) is 5.70 Å². The highest BCUT2D eigenvalue weighted by molar-refractivity contribution is 5.76. The molecular formula is C32H48FN7O. The smallest absolute Gasteiger partial charge is 0.220 e. The molecule has 224 valence electrons. The van der Waals surface area contributed by atoms with Gasteiger partial charge in [-0.05, 0) is 63.7 Å². The first kappa shape index (κ1) is 35.1. The van der Waals surface area contributed by atoms with Crippen LogP contribution >= 0.6 is 0 Å². The summed E-state index contributed by atoms with van der Waals surface area (Å²) in [7, 11) is 0. The van der Waals surface area contributed by atoms with Gasteiger partial charge >= 0.3 is 0 Å². The first-order chi connectivity index (χ1) is 19.2. The van der Waals surface area contributed by atoms with Crippen molar-refractivity contribution in [1.29, 1.82) is 5.26 Å². The van der Waals surface area contributed by atoms with E-state index < -0.39 is 5.83 Å². The van der Waals surface area contributed by atoms with E-state index in [1.807, 2.05) is 59.8 Å². The van der Waals surface area contributed by atoms with Crippen molar-refractivity contribution in [3.63, 3.8) is 0 Å². The number of allylic oxidation sites excluding steroid dienone is 8. The maximum absolute atomic E-state index is 15.1. The molecule has 0 aliphatic carbocycles. The summed E-state index contributed by atoms with van der Waals surface area (Å²) in [4.78, 5) is 13.8. The average Bonchev–Trinajstić information content (AvgIpc) is 3.42. The number of carbonyl (C=O) groups excluding carboxylic acids is 1. The molecule has 0 radical (unpaired) electrons. The molecule has 2 unspecified atom stereocenters. The van der Waals surface area contributed by atoms with Gasteiger partial charge in [0.25, 0.3) is 0 Å². The molecule has 41 heavy (non-hydrogen) atoms. The molecule has 1 aromatic heterocycles. The molecule has 0 bridgehead atoms. The lowest BCUT2D eigenvalue weighted by molar-refractivity contribution is -0.123. The number of halogens is 1. The second kappa shape index (κ2) is 17.0. The van der Waals surface area contributed by atoms with Gasteiger partial charge in [0.1, 0.15) is 11.9 Å². The van der Waals surface area contributed by atoms with E-state index >= 15 is 4.39 Å². The first-order valence-electron chi connectivity index (χ1n) is 14.2. The van der Waals surface area contributed by atoms with E-state index in [0.29, 0.717) is 17.8 Å². The monoisotopic (exact) mass is 565 g/mol. The van der Waals surface area contributed by atoms with Gasteiger partial charge < -0.3 is 16.0 Å². The summed E-state index contributed by atoms with van der Waals surface area (Å²) < 4.78 is 15.1. The lowest BCUT2D eigenvalue weighted by atomic mass is 9.92. The predicted molar refractivity (Wildman–Crippen MR) is 165 cm³/mol. The standard InChI is InChI=1S/C32H48FN7O/c1-11-13-14-15-22(3)30(40-35-16-17-36-40)19-28(12-2)38-25(6)27(21-34)18-29(33)26(7)37-23(4)24(5)39-31(41)20-32(8,9)10/h12,16-19,23-24,37-38H,3,6,11,13-15,20H2,1-2,4-5,7-10H3,(H,39,41)/b27-18-,28-12+,29-26-,30-19+. The minimum Gasteiger partial charge on any atom is -0.382 e. The van der Waals surface area contributed by atoms with Gasteiger partial charge in [0.05, 0.1) is 23.7 Å². The second-order valence-electron chi connectivity index (χ2n) is 11.4. The SMILES string of the molecule is C=C(NC(=C/C)/C=C(\C(=C)CCCCC)n1nccn1)/C(C#N)=C\C(F)=C(/C)NC(C)C(C)NC(=O)CC(C)(C)C. The van der Waals surface area contributed by atoms with Crippen molar-refractivity contribution in [2.24, 2.45) is 5.41 Å². The molecule has 0 aliphatic heterocycles. The number of unbranched alkanes of at least 4 members (excludes halogenated alkanes) is 2. The third kappa shape index (κ3) is 12.9. The van der Waals surface area contributed by atoms with Gasteiger partial charge in [-0.1, -0.05) is 59.8 Å². The molecule has 8 nitrogen and oxygen atoms in total. The highest BCUT2D eigenvalue weighted by Gasteiger charge is 2.20. The van der Waals surface area contributed by atoms with Crippen LogP contribution in [0.4, 0.5) is 4.39 Å². The van der Waals surface area contributed by atoms with Crippen LogP contribution in [0.3, 0.4) is 0 Å². The summed E-state index contributed by atoms with van der Waals surface area (Å²) >= 11 is 0. The summed E-state index contributed by atoms with van der Waals surface area (Å²) in [6.07, 6.45) is 12.4. The van der Waals surface area contributed by atoms with Crippen LogP contribution in [-0.2, 0) is 4.79 Å². The number of nitrogens with zero attached hydrogens (tertiary/aromatic N) is 4. The summed E-state index contributed by atoms with van der Waals surface area (Å²) in [5, 5.41) is 27.4. The Hall–Kier alpha value is -3.93. The van der Waals surface area contributed by atoms with Crippen molar-refractivity contribution in [1.82, 2.24) is 30.9 Å². The summed E-state index contributed by atoms with van der Waals surface area (Å²) in [6.45, 7) is 23.5. The maximum atomic E-state index is 15.1. The van der Waals surface area contributed by atoms with E-state index in [1.165, 1.54) is 4.80 Å². The van der Waals surface area contributed by atoms with Gasteiger partial charge in [-0.25, -0.2) is 4.39 Å². The number of rotatable bonds is 16. The number of hydrogen-bond donors (Lipinski definition) is 3. The Balaban J connectivity index is 3.04. The van der Waals surface area contributed by atoms with Crippen molar-refractivity contribution in [3.8, 4) is 6.07 Å². The number of aromatic nitrogens is 3. The van der Waals surface area contributed by atoms with E-state index in [0.717, 1.165) is 37.3 Å². The minimum absolute atomic E-state index is 0.0381. The highest BCUT2D eigenvalue weighted by atomic mass is 19.1. The predicted octanol–water partition coefficient (Wildman–Crippen LogP) is 6.83. The zero-order chi connectivity index (χ0) is 31.2. The van der Waals surface area contributed by atoms with Crippen LogP contribution < -0.4 is 16.0 Å². The van der Waals surface area contributed by atoms with Gasteiger partial charge in [-0.15, -0.1) is 0 Å². The molecule has 0 fully saturated rings. The Morgan fingerprint density at radius 1 is 1.12 bits per heavy atom. The molecule has 9 heteroatoms. The minimum atomic E-state index is -0.604. The van der Waals surface area contributed by atoms with Gasteiger partial charge in [0, 0.05) is 35.6 Å². The molecule has 1 aromatic rings. The Labute approximate surface area is 245 Å². The van der Waals surface area contributed by atoms with E-state index in [9.17, 15) is 10.1 Å². The van der Waals surface area contributed by atoms with Gasteiger partial charge in [0.2, 0.25) is 5.91 Å². The Morgan fingerprint density at radius 2 is 1.73 bits per heavy atom. The number of nitrogens with one attached hydrogen (secondary N) is 3. The zero-order valence-electron chi connectivity index (χ0n) is 26.1. The van der Waals surface area contributed by atoms with Crippen LogP contribution in [0.2, 0.25) is 0 Å². The fourth-order valence-corrected chi connectivity index (χ4v) is 3.81.